The second-order valence-corrected chi connectivity index (χ2v) is 11.7. The number of benzene rings is 2. The molecule has 192 valence electrons. The number of nitrogens with zero attached hydrogens (tertiary/aromatic N) is 4. The number of hydrogen-bond donors (Lipinski definition) is 2. The Hall–Kier alpha value is -2.53. The van der Waals surface area contributed by atoms with Gasteiger partial charge in [-0.05, 0) is 92.9 Å². The largest absolute Gasteiger partial charge is 0.340 e. The molecule has 2 N–H and O–H groups in total. The van der Waals surface area contributed by atoms with E-state index in [-0.39, 0.29) is 5.82 Å². The van der Waals surface area contributed by atoms with Crippen molar-refractivity contribution in [3.63, 3.8) is 0 Å². The average Bonchev–Trinajstić information content (AvgIpc) is 2.87. The van der Waals surface area contributed by atoms with Crippen LogP contribution in [0.5, 0.6) is 0 Å². The van der Waals surface area contributed by atoms with E-state index in [1.165, 1.54) is 11.0 Å². The van der Waals surface area contributed by atoms with Crippen molar-refractivity contribution in [3.8, 4) is 0 Å². The van der Waals surface area contributed by atoms with Crippen LogP contribution in [0.2, 0.25) is 0 Å². The van der Waals surface area contributed by atoms with Crippen LogP contribution in [0.4, 0.5) is 27.5 Å². The summed E-state index contributed by atoms with van der Waals surface area (Å²) in [6.07, 6.45) is 5.70. The van der Waals surface area contributed by atoms with Crippen LogP contribution in [-0.4, -0.2) is 68.1 Å². The van der Waals surface area contributed by atoms with Gasteiger partial charge in [0.05, 0.1) is 0 Å². The Labute approximate surface area is 219 Å². The molecule has 0 aliphatic carbocycles. The fourth-order valence-electron chi connectivity index (χ4n) is 4.07. The van der Waals surface area contributed by atoms with E-state index in [1.807, 2.05) is 12.1 Å². The van der Waals surface area contributed by atoms with Crippen LogP contribution in [0, 0.1) is 12.7 Å². The van der Waals surface area contributed by atoms with E-state index < -0.39 is 10.8 Å². The summed E-state index contributed by atoms with van der Waals surface area (Å²) in [7, 11) is 1.41. The van der Waals surface area contributed by atoms with Gasteiger partial charge in [0.25, 0.3) is 0 Å². The molecule has 0 radical (unpaired) electrons. The third-order valence-electron chi connectivity index (χ3n) is 6.21. The van der Waals surface area contributed by atoms with Crippen LogP contribution in [-0.2, 0) is 10.8 Å². The molecule has 3 aromatic rings. The quantitative estimate of drug-likeness (QED) is 0.348. The fourth-order valence-corrected chi connectivity index (χ4v) is 5.56. The first-order valence-corrected chi connectivity index (χ1v) is 14.5. The minimum atomic E-state index is -0.735. The van der Waals surface area contributed by atoms with Crippen molar-refractivity contribution in [1.29, 1.82) is 0 Å². The van der Waals surface area contributed by atoms with Crippen molar-refractivity contribution < 1.29 is 8.60 Å². The van der Waals surface area contributed by atoms with Crippen LogP contribution >= 0.6 is 11.9 Å². The van der Waals surface area contributed by atoms with Gasteiger partial charge in [-0.15, -0.1) is 0 Å². The number of rotatable bonds is 10. The van der Waals surface area contributed by atoms with Gasteiger partial charge in [-0.3, -0.25) is 4.21 Å². The highest BCUT2D eigenvalue weighted by Crippen LogP contribution is 2.29. The maximum atomic E-state index is 13.5. The van der Waals surface area contributed by atoms with Crippen molar-refractivity contribution in [2.45, 2.75) is 30.7 Å². The molecule has 0 bridgehead atoms. The van der Waals surface area contributed by atoms with Crippen LogP contribution in [0.3, 0.4) is 0 Å². The molecule has 1 unspecified atom stereocenters. The van der Waals surface area contributed by atoms with E-state index in [1.54, 1.807) is 49.5 Å². The smallest absolute Gasteiger partial charge is 0.229 e. The summed E-state index contributed by atoms with van der Waals surface area (Å²) >= 11 is 1.79. The van der Waals surface area contributed by atoms with Gasteiger partial charge in [-0.2, -0.15) is 4.98 Å². The second kappa shape index (κ2) is 12.6. The van der Waals surface area contributed by atoms with Crippen LogP contribution in [0.1, 0.15) is 18.4 Å². The maximum Gasteiger partial charge on any atom is 0.229 e. The highest BCUT2D eigenvalue weighted by Gasteiger charge is 2.23. The monoisotopic (exact) mass is 528 g/mol. The van der Waals surface area contributed by atoms with Gasteiger partial charge in [0.2, 0.25) is 5.95 Å². The Bertz CT molecular complexity index is 1170. The number of aryl methyl sites for hydroxylation is 1. The SMILES string of the molecule is Cc1cc(Nc2ccnc(Nc3ccc(SN4CCC(N(C)CCS(C)=O)CC4)cc3)n2)ccc1F. The molecule has 7 nitrogen and oxygen atoms in total. The van der Waals surface area contributed by atoms with Gasteiger partial charge in [0.1, 0.15) is 11.6 Å². The third-order valence-corrected chi connectivity index (χ3v) is 8.07. The molecule has 1 aromatic heterocycles. The van der Waals surface area contributed by atoms with Gasteiger partial charge >= 0.3 is 0 Å². The first-order valence-electron chi connectivity index (χ1n) is 12.0. The van der Waals surface area contributed by atoms with Gasteiger partial charge in [-0.25, -0.2) is 13.7 Å². The lowest BCUT2D eigenvalue weighted by molar-refractivity contribution is 0.181. The van der Waals surface area contributed by atoms with Crippen LogP contribution < -0.4 is 10.6 Å². The van der Waals surface area contributed by atoms with Gasteiger partial charge in [-0.1, -0.05) is 0 Å². The number of anilines is 4. The minimum Gasteiger partial charge on any atom is -0.340 e. The summed E-state index contributed by atoms with van der Waals surface area (Å²) in [6, 6.07) is 15.5. The summed E-state index contributed by atoms with van der Waals surface area (Å²) in [4.78, 5) is 12.4. The molecule has 0 saturated carbocycles. The summed E-state index contributed by atoms with van der Waals surface area (Å²) in [6.45, 7) is 4.70. The number of hydrogen-bond acceptors (Lipinski definition) is 8. The molecular weight excluding hydrogens is 495 g/mol. The molecule has 0 amide bonds. The zero-order chi connectivity index (χ0) is 25.5. The van der Waals surface area contributed by atoms with Crippen molar-refractivity contribution in [2.24, 2.45) is 0 Å². The molecular formula is C26H33FN6OS2. The number of halogens is 1. The van der Waals surface area contributed by atoms with E-state index in [0.717, 1.165) is 49.6 Å². The molecule has 1 saturated heterocycles. The summed E-state index contributed by atoms with van der Waals surface area (Å²) < 4.78 is 27.3. The Morgan fingerprint density at radius 3 is 2.53 bits per heavy atom. The topological polar surface area (TPSA) is 73.4 Å². The predicted octanol–water partition coefficient (Wildman–Crippen LogP) is 5.19. The molecule has 1 fully saturated rings. The highest BCUT2D eigenvalue weighted by molar-refractivity contribution is 7.97. The van der Waals surface area contributed by atoms with Gasteiger partial charge in [0, 0.05) is 71.0 Å². The Balaban J connectivity index is 1.27. The van der Waals surface area contributed by atoms with E-state index in [0.29, 0.717) is 23.4 Å². The molecule has 36 heavy (non-hydrogen) atoms. The molecule has 2 heterocycles. The highest BCUT2D eigenvalue weighted by atomic mass is 32.2. The van der Waals surface area contributed by atoms with Crippen molar-refractivity contribution >= 4 is 45.9 Å². The minimum absolute atomic E-state index is 0.230. The van der Waals surface area contributed by atoms with Crippen LogP contribution in [0.25, 0.3) is 0 Å². The lowest BCUT2D eigenvalue weighted by atomic mass is 10.1. The first-order chi connectivity index (χ1) is 17.4. The zero-order valence-electron chi connectivity index (χ0n) is 20.9. The summed E-state index contributed by atoms with van der Waals surface area (Å²) in [5.41, 5.74) is 2.25. The van der Waals surface area contributed by atoms with E-state index in [2.05, 4.69) is 49.0 Å². The van der Waals surface area contributed by atoms with Gasteiger partial charge < -0.3 is 15.5 Å². The van der Waals surface area contributed by atoms with Crippen molar-refractivity contribution in [2.75, 3.05) is 49.3 Å². The fraction of sp³-hybridized carbons (Fsp3) is 0.385. The molecule has 2 aromatic carbocycles. The Kier molecular flexibility index (Phi) is 9.30. The number of nitrogens with one attached hydrogen (secondary N) is 2. The standard InChI is InChI=1S/C26H33FN6OS2/c1-19-18-21(6-9-24(19)27)29-25-10-13-28-26(31-25)30-20-4-7-23(8-5-20)35-33-14-11-22(12-15-33)32(2)16-17-36(3)34/h4-10,13,18,22H,11-12,14-17H2,1-3H3,(H2,28,29,30,31). The van der Waals surface area contributed by atoms with Crippen molar-refractivity contribution in [1.82, 2.24) is 19.2 Å². The zero-order valence-corrected chi connectivity index (χ0v) is 22.5. The van der Waals surface area contributed by atoms with Gasteiger partial charge in [0.15, 0.2) is 0 Å². The molecule has 0 spiro atoms. The third kappa shape index (κ3) is 7.73. The summed E-state index contributed by atoms with van der Waals surface area (Å²) in [5, 5.41) is 6.44. The molecule has 1 aliphatic heterocycles. The van der Waals surface area contributed by atoms with E-state index >= 15 is 0 Å². The molecule has 10 heteroatoms. The number of piperidine rings is 1. The van der Waals surface area contributed by atoms with Crippen LogP contribution in [0.15, 0.2) is 59.6 Å². The normalized spacial score (nSPS) is 15.7. The second-order valence-electron chi connectivity index (χ2n) is 9.01. The molecule has 1 atom stereocenters. The maximum absolute atomic E-state index is 13.5. The first kappa shape index (κ1) is 26.5. The summed E-state index contributed by atoms with van der Waals surface area (Å²) in [5.74, 6) is 1.62. The lowest BCUT2D eigenvalue weighted by Gasteiger charge is -2.36. The Morgan fingerprint density at radius 1 is 1.11 bits per heavy atom. The Morgan fingerprint density at radius 2 is 1.83 bits per heavy atom. The van der Waals surface area contributed by atoms with Crippen molar-refractivity contribution in [3.05, 3.63) is 66.1 Å². The lowest BCUT2D eigenvalue weighted by Crippen LogP contribution is -2.42. The average molecular weight is 529 g/mol. The number of aromatic nitrogens is 2. The van der Waals surface area contributed by atoms with E-state index in [9.17, 15) is 8.60 Å². The molecule has 1 aliphatic rings. The van der Waals surface area contributed by atoms with E-state index in [4.69, 9.17) is 0 Å². The predicted molar refractivity (Wildman–Crippen MR) is 148 cm³/mol. The molecule has 4 rings (SSSR count).